The van der Waals surface area contributed by atoms with E-state index < -0.39 is 0 Å². The molecule has 1 atom stereocenters. The maximum Gasteiger partial charge on any atom is 0.0640 e. The first-order valence-corrected chi connectivity index (χ1v) is 9.77. The molecule has 0 amide bonds. The molecule has 2 aliphatic rings. The van der Waals surface area contributed by atoms with E-state index in [9.17, 15) is 0 Å². The van der Waals surface area contributed by atoms with Crippen LogP contribution in [0.5, 0.6) is 0 Å². The van der Waals surface area contributed by atoms with Crippen LogP contribution < -0.4 is 0 Å². The van der Waals surface area contributed by atoms with Gasteiger partial charge in [0, 0.05) is 5.92 Å². The van der Waals surface area contributed by atoms with Gasteiger partial charge in [-0.25, -0.2) is 0 Å². The van der Waals surface area contributed by atoms with Crippen molar-refractivity contribution in [3.8, 4) is 11.1 Å². The Hall–Kier alpha value is -1.76. The van der Waals surface area contributed by atoms with E-state index in [4.69, 9.17) is 23.2 Å². The van der Waals surface area contributed by atoms with E-state index in [1.807, 2.05) is 13.0 Å². The highest BCUT2D eigenvalue weighted by Gasteiger charge is 2.38. The third kappa shape index (κ3) is 2.22. The van der Waals surface area contributed by atoms with Crippen LogP contribution >= 0.6 is 23.2 Å². The smallest absolute Gasteiger partial charge is 0.0640 e. The number of hydrogen-bond donors (Lipinski definition) is 0. The summed E-state index contributed by atoms with van der Waals surface area (Å²) in [4.78, 5) is 0. The Labute approximate surface area is 165 Å². The summed E-state index contributed by atoms with van der Waals surface area (Å²) in [6.45, 7) is 11.0. The molecule has 0 saturated carbocycles. The Morgan fingerprint density at radius 1 is 0.885 bits per heavy atom. The van der Waals surface area contributed by atoms with Crippen LogP contribution in [0.25, 0.3) is 11.1 Å². The zero-order valence-corrected chi connectivity index (χ0v) is 17.3. The van der Waals surface area contributed by atoms with E-state index >= 15 is 0 Å². The third-order valence-corrected chi connectivity index (χ3v) is 7.01. The molecular formula is C24H22Cl2. The van der Waals surface area contributed by atoms with E-state index in [1.165, 1.54) is 44.5 Å². The van der Waals surface area contributed by atoms with Gasteiger partial charge in [-0.2, -0.15) is 0 Å². The second-order valence-corrected chi connectivity index (χ2v) is 8.06. The lowest BCUT2D eigenvalue weighted by Crippen LogP contribution is -2.07. The Morgan fingerprint density at radius 3 is 2.23 bits per heavy atom. The average Bonchev–Trinajstić information content (AvgIpc) is 3.12. The summed E-state index contributed by atoms with van der Waals surface area (Å²) in [6.07, 6.45) is 4.10. The second kappa shape index (κ2) is 6.15. The minimum atomic E-state index is 0.130. The Morgan fingerprint density at radius 2 is 1.54 bits per heavy atom. The summed E-state index contributed by atoms with van der Waals surface area (Å²) >= 11 is 13.1. The molecule has 0 heterocycles. The molecule has 4 rings (SSSR count). The predicted octanol–water partition coefficient (Wildman–Crippen LogP) is 7.61. The fourth-order valence-electron chi connectivity index (χ4n) is 4.55. The van der Waals surface area contributed by atoms with Crippen LogP contribution in [0.4, 0.5) is 0 Å². The van der Waals surface area contributed by atoms with Crippen molar-refractivity contribution in [1.82, 2.24) is 0 Å². The van der Waals surface area contributed by atoms with Gasteiger partial charge in [0.1, 0.15) is 0 Å². The van der Waals surface area contributed by atoms with Crippen LogP contribution in [-0.2, 0) is 0 Å². The van der Waals surface area contributed by atoms with E-state index in [0.29, 0.717) is 10.1 Å². The number of fused-ring (bicyclic) bond motifs is 3. The van der Waals surface area contributed by atoms with Gasteiger partial charge in [0.05, 0.1) is 10.1 Å². The van der Waals surface area contributed by atoms with Gasteiger partial charge in [-0.05, 0) is 96.3 Å². The Balaban J connectivity index is 2.13. The molecule has 0 aromatic heterocycles. The van der Waals surface area contributed by atoms with Crippen molar-refractivity contribution < 1.29 is 0 Å². The van der Waals surface area contributed by atoms with Gasteiger partial charge in [0.25, 0.3) is 0 Å². The summed E-state index contributed by atoms with van der Waals surface area (Å²) in [5, 5.41) is 1.32. The van der Waals surface area contributed by atoms with Crippen molar-refractivity contribution in [2.75, 3.05) is 0 Å². The predicted molar refractivity (Wildman–Crippen MR) is 113 cm³/mol. The molecule has 0 aliphatic heterocycles. The zero-order valence-electron chi connectivity index (χ0n) is 15.8. The molecule has 0 saturated heterocycles. The number of hydrogen-bond acceptors (Lipinski definition) is 0. The molecule has 132 valence electrons. The quantitative estimate of drug-likeness (QED) is 0.477. The Bertz CT molecular complexity index is 1050. The van der Waals surface area contributed by atoms with Gasteiger partial charge in [0.2, 0.25) is 0 Å². The number of allylic oxidation sites excluding steroid dienone is 6. The largest absolute Gasteiger partial charge is 0.0827 e. The van der Waals surface area contributed by atoms with Gasteiger partial charge >= 0.3 is 0 Å². The molecule has 1 unspecified atom stereocenters. The first-order valence-electron chi connectivity index (χ1n) is 9.01. The molecule has 0 N–H and O–H groups in total. The maximum absolute atomic E-state index is 6.72. The lowest BCUT2D eigenvalue weighted by atomic mass is 9.81. The maximum atomic E-state index is 6.72. The fraction of sp³-hybridized carbons (Fsp3) is 0.250. The second-order valence-electron chi connectivity index (χ2n) is 7.27. The summed E-state index contributed by atoms with van der Waals surface area (Å²) in [5.74, 6) is 0.130. The van der Waals surface area contributed by atoms with Gasteiger partial charge in [0.15, 0.2) is 0 Å². The van der Waals surface area contributed by atoms with E-state index in [-0.39, 0.29) is 5.92 Å². The molecule has 0 radical (unpaired) electrons. The number of benzene rings is 2. The van der Waals surface area contributed by atoms with Crippen molar-refractivity contribution in [2.45, 2.75) is 40.5 Å². The molecule has 26 heavy (non-hydrogen) atoms. The number of halogens is 2. The van der Waals surface area contributed by atoms with Gasteiger partial charge in [-0.3, -0.25) is 0 Å². The SMILES string of the molecule is CC=C1C=C(Cl)C(Cl)=C1C1c2ccccc2-c2c(C)c(C)c(C)c(C)c21. The van der Waals surface area contributed by atoms with Crippen molar-refractivity contribution in [3.05, 3.63) is 91.0 Å². The Kier molecular flexibility index (Phi) is 4.17. The first-order chi connectivity index (χ1) is 12.4. The van der Waals surface area contributed by atoms with Crippen LogP contribution in [0.15, 0.2) is 57.6 Å². The van der Waals surface area contributed by atoms with Crippen LogP contribution in [0.2, 0.25) is 0 Å². The van der Waals surface area contributed by atoms with E-state index in [0.717, 1.165) is 11.1 Å². The molecule has 0 nitrogen and oxygen atoms in total. The van der Waals surface area contributed by atoms with E-state index in [2.05, 4.69) is 58.0 Å². The lowest BCUT2D eigenvalue weighted by molar-refractivity contribution is 0.976. The van der Waals surface area contributed by atoms with Crippen molar-refractivity contribution in [2.24, 2.45) is 0 Å². The van der Waals surface area contributed by atoms with E-state index in [1.54, 1.807) is 0 Å². The molecule has 2 aliphatic carbocycles. The third-order valence-electron chi connectivity index (χ3n) is 6.20. The molecule has 0 spiro atoms. The van der Waals surface area contributed by atoms with Crippen LogP contribution in [0.1, 0.15) is 46.2 Å². The van der Waals surface area contributed by atoms with Crippen molar-refractivity contribution in [1.29, 1.82) is 0 Å². The van der Waals surface area contributed by atoms with Crippen LogP contribution in [0.3, 0.4) is 0 Å². The summed E-state index contributed by atoms with van der Waals surface area (Å²) < 4.78 is 0. The normalized spacial score (nSPS) is 19.9. The molecule has 2 heteroatoms. The molecule has 0 fully saturated rings. The summed E-state index contributed by atoms with van der Waals surface area (Å²) in [7, 11) is 0. The van der Waals surface area contributed by atoms with Crippen LogP contribution in [-0.4, -0.2) is 0 Å². The molecular weight excluding hydrogens is 359 g/mol. The minimum Gasteiger partial charge on any atom is -0.0827 e. The topological polar surface area (TPSA) is 0 Å². The van der Waals surface area contributed by atoms with Crippen LogP contribution in [0, 0.1) is 27.7 Å². The summed E-state index contributed by atoms with van der Waals surface area (Å²) in [6, 6.07) is 8.72. The average molecular weight is 381 g/mol. The van der Waals surface area contributed by atoms with Gasteiger partial charge < -0.3 is 0 Å². The zero-order chi connectivity index (χ0) is 18.7. The fourth-order valence-corrected chi connectivity index (χ4v) is 5.04. The number of rotatable bonds is 1. The van der Waals surface area contributed by atoms with Gasteiger partial charge in [-0.15, -0.1) is 0 Å². The minimum absolute atomic E-state index is 0.130. The highest BCUT2D eigenvalue weighted by molar-refractivity contribution is 6.45. The standard InChI is InChI=1S/C24H22Cl2/c1-6-16-11-19(25)24(26)22(16)23-18-10-8-7-9-17(18)20-14(4)12(2)13(3)15(5)21(20)23/h6-11,23H,1-5H3. The summed E-state index contributed by atoms with van der Waals surface area (Å²) in [5.41, 5.74) is 13.2. The van der Waals surface area contributed by atoms with Crippen molar-refractivity contribution in [3.63, 3.8) is 0 Å². The van der Waals surface area contributed by atoms with Crippen molar-refractivity contribution >= 4 is 23.2 Å². The molecule has 2 aromatic rings. The van der Waals surface area contributed by atoms with Gasteiger partial charge in [-0.1, -0.05) is 53.5 Å². The first kappa shape index (κ1) is 17.6. The highest BCUT2D eigenvalue weighted by atomic mass is 35.5. The monoisotopic (exact) mass is 380 g/mol. The lowest BCUT2D eigenvalue weighted by Gasteiger charge is -2.22. The molecule has 0 bridgehead atoms. The molecule has 2 aromatic carbocycles. The highest BCUT2D eigenvalue weighted by Crippen LogP contribution is 2.56.